The molecule has 132 valence electrons. The molecular formula is C18H22N4O3. The van der Waals surface area contributed by atoms with Crippen molar-refractivity contribution in [2.45, 2.75) is 25.9 Å². The Morgan fingerprint density at radius 2 is 2.24 bits per heavy atom. The highest BCUT2D eigenvalue weighted by molar-refractivity contribution is 5.91. The number of piperidine rings is 1. The molecule has 1 aliphatic rings. The maximum atomic E-state index is 12.6. The van der Waals surface area contributed by atoms with Gasteiger partial charge in [-0.25, -0.2) is 9.78 Å². The minimum atomic E-state index is -0.153. The van der Waals surface area contributed by atoms with Gasteiger partial charge < -0.3 is 19.7 Å². The average Bonchev–Trinajstić information content (AvgIpc) is 2.64. The van der Waals surface area contributed by atoms with Crippen LogP contribution < -0.4 is 14.8 Å². The number of rotatable bonds is 5. The summed E-state index contributed by atoms with van der Waals surface area (Å²) < 4.78 is 11.4. The topological polar surface area (TPSA) is 76.6 Å². The second kappa shape index (κ2) is 8.32. The molecule has 1 aliphatic heterocycles. The van der Waals surface area contributed by atoms with Gasteiger partial charge in [-0.3, -0.25) is 4.98 Å². The fraction of sp³-hybridized carbons (Fsp3) is 0.389. The number of nitrogens with one attached hydrogen (secondary N) is 1. The fourth-order valence-electron chi connectivity index (χ4n) is 2.78. The van der Waals surface area contributed by atoms with E-state index in [9.17, 15) is 4.79 Å². The second-order valence-corrected chi connectivity index (χ2v) is 5.73. The van der Waals surface area contributed by atoms with E-state index < -0.39 is 0 Å². The molecule has 1 aromatic carbocycles. The molecule has 25 heavy (non-hydrogen) atoms. The Bertz CT molecular complexity index is 696. The highest BCUT2D eigenvalue weighted by atomic mass is 16.5. The van der Waals surface area contributed by atoms with Gasteiger partial charge in [0, 0.05) is 18.9 Å². The first-order valence-electron chi connectivity index (χ1n) is 8.46. The van der Waals surface area contributed by atoms with E-state index in [1.54, 1.807) is 23.5 Å². The van der Waals surface area contributed by atoms with Crippen molar-refractivity contribution in [1.29, 1.82) is 0 Å². The van der Waals surface area contributed by atoms with Gasteiger partial charge in [0.2, 0.25) is 5.88 Å². The lowest BCUT2D eigenvalue weighted by Crippen LogP contribution is -2.46. The number of hydrogen-bond acceptors (Lipinski definition) is 5. The van der Waals surface area contributed by atoms with Crippen LogP contribution in [-0.4, -0.2) is 46.7 Å². The minimum absolute atomic E-state index is 0.0849. The third-order valence-corrected chi connectivity index (χ3v) is 3.92. The van der Waals surface area contributed by atoms with Gasteiger partial charge in [0.05, 0.1) is 25.0 Å². The zero-order valence-electron chi connectivity index (χ0n) is 14.2. The molecule has 3 rings (SSSR count). The van der Waals surface area contributed by atoms with Crippen molar-refractivity contribution in [2.24, 2.45) is 0 Å². The molecule has 1 aromatic heterocycles. The number of aromatic nitrogens is 2. The highest BCUT2D eigenvalue weighted by Gasteiger charge is 2.25. The summed E-state index contributed by atoms with van der Waals surface area (Å²) in [5, 5.41) is 2.93. The number of hydrogen-bond donors (Lipinski definition) is 1. The Hall–Kier alpha value is -2.83. The van der Waals surface area contributed by atoms with Crippen molar-refractivity contribution < 1.29 is 14.3 Å². The highest BCUT2D eigenvalue weighted by Crippen LogP contribution is 2.24. The van der Waals surface area contributed by atoms with Crippen LogP contribution in [0.25, 0.3) is 0 Å². The first-order chi connectivity index (χ1) is 12.3. The number of amides is 2. The van der Waals surface area contributed by atoms with Crippen LogP contribution >= 0.6 is 0 Å². The number of benzene rings is 1. The van der Waals surface area contributed by atoms with E-state index >= 15 is 0 Å². The molecule has 1 N–H and O–H groups in total. The molecule has 0 saturated carbocycles. The lowest BCUT2D eigenvalue weighted by Gasteiger charge is -2.32. The summed E-state index contributed by atoms with van der Waals surface area (Å²) in [5.41, 5.74) is 0.673. The summed E-state index contributed by atoms with van der Waals surface area (Å²) in [4.78, 5) is 22.5. The summed E-state index contributed by atoms with van der Waals surface area (Å²) >= 11 is 0. The van der Waals surface area contributed by atoms with Crippen molar-refractivity contribution >= 4 is 11.7 Å². The van der Waals surface area contributed by atoms with Crippen LogP contribution in [0.4, 0.5) is 10.5 Å². The van der Waals surface area contributed by atoms with Crippen molar-refractivity contribution in [3.63, 3.8) is 0 Å². The van der Waals surface area contributed by atoms with Crippen LogP contribution in [-0.2, 0) is 0 Å². The number of urea groups is 1. The van der Waals surface area contributed by atoms with Gasteiger partial charge in [-0.05, 0) is 31.9 Å². The molecule has 0 spiro atoms. The molecule has 0 radical (unpaired) electrons. The summed E-state index contributed by atoms with van der Waals surface area (Å²) in [6, 6.07) is 7.27. The minimum Gasteiger partial charge on any atom is -0.492 e. The van der Waals surface area contributed by atoms with Crippen LogP contribution in [0.3, 0.4) is 0 Å². The molecule has 1 atom stereocenters. The number of likely N-dealkylation sites (tertiary alicyclic amines) is 1. The summed E-state index contributed by atoms with van der Waals surface area (Å²) in [6.45, 7) is 3.67. The van der Waals surface area contributed by atoms with Gasteiger partial charge in [-0.2, -0.15) is 0 Å². The maximum Gasteiger partial charge on any atom is 0.322 e. The van der Waals surface area contributed by atoms with Crippen LogP contribution in [0.5, 0.6) is 11.6 Å². The van der Waals surface area contributed by atoms with E-state index in [-0.39, 0.29) is 12.1 Å². The van der Waals surface area contributed by atoms with E-state index in [0.29, 0.717) is 37.0 Å². The number of carbonyl (C=O) groups excluding carboxylic acids is 1. The molecule has 1 fully saturated rings. The Morgan fingerprint density at radius 3 is 3.04 bits per heavy atom. The van der Waals surface area contributed by atoms with Crippen LogP contribution in [0, 0.1) is 0 Å². The number of nitrogens with zero attached hydrogens (tertiary/aromatic N) is 3. The van der Waals surface area contributed by atoms with E-state index in [0.717, 1.165) is 12.8 Å². The average molecular weight is 342 g/mol. The summed E-state index contributed by atoms with van der Waals surface area (Å²) in [6.07, 6.45) is 6.45. The Labute approximate surface area is 147 Å². The van der Waals surface area contributed by atoms with Gasteiger partial charge in [0.25, 0.3) is 0 Å². The zero-order valence-corrected chi connectivity index (χ0v) is 14.2. The number of carbonyl (C=O) groups is 1. The summed E-state index contributed by atoms with van der Waals surface area (Å²) in [5.74, 6) is 1.15. The quantitative estimate of drug-likeness (QED) is 0.904. The van der Waals surface area contributed by atoms with E-state index in [4.69, 9.17) is 9.47 Å². The van der Waals surface area contributed by atoms with Crippen molar-refractivity contribution in [3.8, 4) is 11.6 Å². The van der Waals surface area contributed by atoms with Crippen LogP contribution in [0.15, 0.2) is 42.9 Å². The molecule has 1 unspecified atom stereocenters. The first-order valence-corrected chi connectivity index (χ1v) is 8.46. The third-order valence-electron chi connectivity index (χ3n) is 3.92. The van der Waals surface area contributed by atoms with Gasteiger partial charge in [-0.15, -0.1) is 0 Å². The molecule has 7 heteroatoms. The SMILES string of the molecule is CCOc1ccccc1NC(=O)N1CCCC(Oc2cnccn2)C1. The van der Waals surface area contributed by atoms with Gasteiger partial charge in [0.1, 0.15) is 11.9 Å². The van der Waals surface area contributed by atoms with Crippen LogP contribution in [0.2, 0.25) is 0 Å². The third kappa shape index (κ3) is 4.59. The van der Waals surface area contributed by atoms with Gasteiger partial charge in [-0.1, -0.05) is 12.1 Å². The Morgan fingerprint density at radius 1 is 1.36 bits per heavy atom. The smallest absolute Gasteiger partial charge is 0.322 e. The lowest BCUT2D eigenvalue weighted by molar-refractivity contribution is 0.102. The number of anilines is 1. The zero-order chi connectivity index (χ0) is 17.5. The molecule has 2 aromatic rings. The molecule has 1 saturated heterocycles. The van der Waals surface area contributed by atoms with Crippen molar-refractivity contribution in [3.05, 3.63) is 42.9 Å². The van der Waals surface area contributed by atoms with E-state index in [2.05, 4.69) is 15.3 Å². The molecule has 0 aliphatic carbocycles. The standard InChI is InChI=1S/C18H22N4O3/c1-2-24-16-8-4-3-7-15(16)21-18(23)22-11-5-6-14(13-22)25-17-12-19-9-10-20-17/h3-4,7-10,12,14H,2,5-6,11,13H2,1H3,(H,21,23). The van der Waals surface area contributed by atoms with Crippen molar-refractivity contribution in [2.75, 3.05) is 25.0 Å². The monoisotopic (exact) mass is 342 g/mol. The number of para-hydroxylation sites is 2. The number of ether oxygens (including phenoxy) is 2. The predicted octanol–water partition coefficient (Wildman–Crippen LogP) is 2.95. The largest absolute Gasteiger partial charge is 0.492 e. The molecule has 0 bridgehead atoms. The van der Waals surface area contributed by atoms with Crippen molar-refractivity contribution in [1.82, 2.24) is 14.9 Å². The fourth-order valence-corrected chi connectivity index (χ4v) is 2.78. The molecular weight excluding hydrogens is 320 g/mol. The predicted molar refractivity (Wildman–Crippen MR) is 93.9 cm³/mol. The molecule has 2 heterocycles. The van der Waals surface area contributed by atoms with E-state index in [1.165, 1.54) is 0 Å². The Balaban J connectivity index is 1.60. The molecule has 7 nitrogen and oxygen atoms in total. The van der Waals surface area contributed by atoms with Gasteiger partial charge >= 0.3 is 6.03 Å². The second-order valence-electron chi connectivity index (χ2n) is 5.73. The Kier molecular flexibility index (Phi) is 5.66. The summed E-state index contributed by atoms with van der Waals surface area (Å²) in [7, 11) is 0. The molecule has 2 amide bonds. The van der Waals surface area contributed by atoms with Gasteiger partial charge in [0.15, 0.2) is 0 Å². The first kappa shape index (κ1) is 17.0. The van der Waals surface area contributed by atoms with Crippen LogP contribution in [0.1, 0.15) is 19.8 Å². The lowest BCUT2D eigenvalue weighted by atomic mass is 10.1. The maximum absolute atomic E-state index is 12.6. The van der Waals surface area contributed by atoms with E-state index in [1.807, 2.05) is 31.2 Å². The normalized spacial score (nSPS) is 17.0.